The molecule has 1 rings (SSSR count). The number of hydrogen-bond donors (Lipinski definition) is 2. The lowest BCUT2D eigenvalue weighted by atomic mass is 9.95. The lowest BCUT2D eigenvalue weighted by Crippen LogP contribution is -2.50. The molecule has 0 bridgehead atoms. The maximum Gasteiger partial charge on any atom is 0.323 e. The molecule has 0 unspecified atom stereocenters. The normalized spacial score (nSPS) is 15.9. The van der Waals surface area contributed by atoms with Gasteiger partial charge in [-0.1, -0.05) is 36.4 Å². The number of rotatable bonds is 6. The largest absolute Gasteiger partial charge is 0.480 e. The molecular weight excluding hydrogens is 214 g/mol. The number of hydrogen-bond acceptors (Lipinski definition) is 2. The van der Waals surface area contributed by atoms with E-state index in [4.69, 9.17) is 0 Å². The Bertz CT molecular complexity index is 388. The van der Waals surface area contributed by atoms with Crippen molar-refractivity contribution in [3.05, 3.63) is 48.6 Å². The van der Waals surface area contributed by atoms with Crippen LogP contribution >= 0.6 is 0 Å². The highest BCUT2D eigenvalue weighted by atomic mass is 16.4. The van der Waals surface area contributed by atoms with Gasteiger partial charge in [0.2, 0.25) is 0 Å². The maximum absolute atomic E-state index is 11.3. The third-order valence-corrected chi connectivity index (χ3v) is 2.86. The summed E-state index contributed by atoms with van der Waals surface area (Å²) in [7, 11) is 0. The van der Waals surface area contributed by atoms with Crippen LogP contribution in [0, 0.1) is 0 Å². The number of carbonyl (C=O) groups is 1. The zero-order chi connectivity index (χ0) is 12.9. The van der Waals surface area contributed by atoms with E-state index in [9.17, 15) is 9.90 Å². The molecule has 0 aliphatic heterocycles. The Labute approximate surface area is 102 Å². The second-order valence-corrected chi connectivity index (χ2v) is 4.41. The van der Waals surface area contributed by atoms with E-state index in [2.05, 4.69) is 11.9 Å². The molecule has 0 aliphatic rings. The first kappa shape index (κ1) is 13.5. The fraction of sp³-hybridized carbons (Fsp3) is 0.357. The van der Waals surface area contributed by atoms with Crippen LogP contribution in [0.5, 0.6) is 0 Å². The number of carboxylic acid groups (broad SMARTS) is 1. The molecule has 0 heterocycles. The van der Waals surface area contributed by atoms with E-state index < -0.39 is 11.5 Å². The van der Waals surface area contributed by atoms with Crippen LogP contribution in [0.15, 0.2) is 43.0 Å². The molecule has 17 heavy (non-hydrogen) atoms. The summed E-state index contributed by atoms with van der Waals surface area (Å²) in [4.78, 5) is 11.3. The summed E-state index contributed by atoms with van der Waals surface area (Å²) in [5.74, 6) is -0.861. The van der Waals surface area contributed by atoms with Gasteiger partial charge in [0.15, 0.2) is 0 Å². The summed E-state index contributed by atoms with van der Waals surface area (Å²) in [6.07, 6.45) is 2.01. The monoisotopic (exact) mass is 233 g/mol. The quantitative estimate of drug-likeness (QED) is 0.743. The highest BCUT2D eigenvalue weighted by molar-refractivity contribution is 5.78. The summed E-state index contributed by atoms with van der Waals surface area (Å²) in [5.41, 5.74) is 0.0980. The van der Waals surface area contributed by atoms with Gasteiger partial charge in [-0.3, -0.25) is 10.1 Å². The highest BCUT2D eigenvalue weighted by Gasteiger charge is 2.32. The molecule has 3 heteroatoms. The van der Waals surface area contributed by atoms with Crippen LogP contribution < -0.4 is 5.32 Å². The predicted octanol–water partition coefficient (Wildman–Crippen LogP) is 2.76. The third kappa shape index (κ3) is 3.43. The van der Waals surface area contributed by atoms with Crippen LogP contribution in [0.4, 0.5) is 0 Å². The molecule has 0 aromatic heterocycles. The summed E-state index contributed by atoms with van der Waals surface area (Å²) in [5, 5.41) is 12.4. The van der Waals surface area contributed by atoms with Crippen molar-refractivity contribution in [2.75, 3.05) is 0 Å². The molecule has 0 saturated carbocycles. The molecular formula is C14H19NO2. The molecule has 0 spiro atoms. The molecule has 1 aromatic rings. The average Bonchev–Trinajstić information content (AvgIpc) is 2.30. The van der Waals surface area contributed by atoms with Crippen molar-refractivity contribution in [2.45, 2.75) is 31.8 Å². The van der Waals surface area contributed by atoms with E-state index in [0.29, 0.717) is 6.42 Å². The number of nitrogens with one attached hydrogen (secondary N) is 1. The van der Waals surface area contributed by atoms with Crippen molar-refractivity contribution in [1.82, 2.24) is 5.32 Å². The van der Waals surface area contributed by atoms with Gasteiger partial charge < -0.3 is 5.11 Å². The molecule has 0 saturated heterocycles. The van der Waals surface area contributed by atoms with Crippen molar-refractivity contribution in [3.8, 4) is 0 Å². The Morgan fingerprint density at radius 3 is 2.59 bits per heavy atom. The first-order chi connectivity index (χ1) is 7.99. The Morgan fingerprint density at radius 1 is 1.53 bits per heavy atom. The lowest BCUT2D eigenvalue weighted by Gasteiger charge is -2.29. The molecule has 1 aromatic carbocycles. The summed E-state index contributed by atoms with van der Waals surface area (Å²) in [6, 6.07) is 9.77. The fourth-order valence-corrected chi connectivity index (χ4v) is 1.80. The van der Waals surface area contributed by atoms with Gasteiger partial charge in [0.05, 0.1) is 0 Å². The predicted molar refractivity (Wildman–Crippen MR) is 68.8 cm³/mol. The lowest BCUT2D eigenvalue weighted by molar-refractivity contribution is -0.144. The minimum Gasteiger partial charge on any atom is -0.480 e. The van der Waals surface area contributed by atoms with E-state index in [1.807, 2.05) is 37.3 Å². The van der Waals surface area contributed by atoms with Gasteiger partial charge in [0.25, 0.3) is 0 Å². The van der Waals surface area contributed by atoms with Crippen molar-refractivity contribution in [1.29, 1.82) is 0 Å². The van der Waals surface area contributed by atoms with E-state index in [1.54, 1.807) is 13.0 Å². The summed E-state index contributed by atoms with van der Waals surface area (Å²) in [6.45, 7) is 7.24. The molecule has 3 nitrogen and oxygen atoms in total. The van der Waals surface area contributed by atoms with Crippen LogP contribution in [0.25, 0.3) is 0 Å². The molecule has 2 N–H and O–H groups in total. The number of benzene rings is 1. The van der Waals surface area contributed by atoms with E-state index in [-0.39, 0.29) is 6.04 Å². The Balaban J connectivity index is 2.81. The molecule has 0 radical (unpaired) electrons. The van der Waals surface area contributed by atoms with Crippen LogP contribution in [-0.4, -0.2) is 16.6 Å². The SMILES string of the molecule is C=CC[C@](C)(N[C@H](C)c1ccccc1)C(=O)O. The second kappa shape index (κ2) is 5.64. The first-order valence-corrected chi connectivity index (χ1v) is 5.66. The van der Waals surface area contributed by atoms with Crippen LogP contribution in [0.3, 0.4) is 0 Å². The fourth-order valence-electron chi connectivity index (χ4n) is 1.80. The van der Waals surface area contributed by atoms with Crippen molar-refractivity contribution < 1.29 is 9.90 Å². The minimum atomic E-state index is -0.975. The third-order valence-electron chi connectivity index (χ3n) is 2.86. The molecule has 0 aliphatic carbocycles. The first-order valence-electron chi connectivity index (χ1n) is 5.66. The molecule has 92 valence electrons. The van der Waals surface area contributed by atoms with Crippen LogP contribution in [-0.2, 0) is 4.79 Å². The van der Waals surface area contributed by atoms with Crippen LogP contribution in [0.1, 0.15) is 31.9 Å². The van der Waals surface area contributed by atoms with E-state index >= 15 is 0 Å². The van der Waals surface area contributed by atoms with Gasteiger partial charge in [-0.25, -0.2) is 0 Å². The zero-order valence-electron chi connectivity index (χ0n) is 10.3. The second-order valence-electron chi connectivity index (χ2n) is 4.41. The Morgan fingerprint density at radius 2 is 2.12 bits per heavy atom. The van der Waals surface area contributed by atoms with E-state index in [0.717, 1.165) is 5.56 Å². The minimum absolute atomic E-state index is 0.0164. The number of aliphatic carboxylic acids is 1. The average molecular weight is 233 g/mol. The highest BCUT2D eigenvalue weighted by Crippen LogP contribution is 2.19. The Hall–Kier alpha value is -1.61. The van der Waals surface area contributed by atoms with E-state index in [1.165, 1.54) is 0 Å². The molecule has 0 fully saturated rings. The molecule has 2 atom stereocenters. The van der Waals surface area contributed by atoms with Crippen molar-refractivity contribution in [2.24, 2.45) is 0 Å². The topological polar surface area (TPSA) is 49.3 Å². The zero-order valence-corrected chi connectivity index (χ0v) is 10.3. The van der Waals surface area contributed by atoms with Gasteiger partial charge in [-0.15, -0.1) is 6.58 Å². The van der Waals surface area contributed by atoms with Gasteiger partial charge in [-0.05, 0) is 25.8 Å². The van der Waals surface area contributed by atoms with Crippen molar-refractivity contribution in [3.63, 3.8) is 0 Å². The maximum atomic E-state index is 11.3. The van der Waals surface area contributed by atoms with Crippen LogP contribution in [0.2, 0.25) is 0 Å². The van der Waals surface area contributed by atoms with Gasteiger partial charge in [-0.2, -0.15) is 0 Å². The van der Waals surface area contributed by atoms with Gasteiger partial charge >= 0.3 is 5.97 Å². The van der Waals surface area contributed by atoms with Gasteiger partial charge in [0, 0.05) is 6.04 Å². The number of carboxylic acids is 1. The summed E-state index contributed by atoms with van der Waals surface area (Å²) >= 11 is 0. The van der Waals surface area contributed by atoms with Gasteiger partial charge in [0.1, 0.15) is 5.54 Å². The smallest absolute Gasteiger partial charge is 0.323 e. The van der Waals surface area contributed by atoms with Crippen molar-refractivity contribution >= 4 is 5.97 Å². The Kier molecular flexibility index (Phi) is 4.46. The standard InChI is InChI=1S/C14H19NO2/c1-4-10-14(3,13(16)17)15-11(2)12-8-6-5-7-9-12/h4-9,11,15H,1,10H2,2-3H3,(H,16,17)/t11-,14+/m1/s1. The summed E-state index contributed by atoms with van der Waals surface area (Å²) < 4.78 is 0. The molecule has 0 amide bonds.